The Morgan fingerprint density at radius 3 is 2.68 bits per heavy atom. The standard InChI is InChI=1S/C35H47NO8/c1-21(16-27-20-41-25(5)36-27)10-8-11-23(3)34(40-7)24(4)29-19-30(37)35(6)31(44-35)15-14-22(2)28-17-26(18-33(39)42-28)12-9-13-32(38)43-29/h8-11,13-16,20,22,24,26,28-31,34,37H,12,17-19H2,1-7H3/b10-8+,13-9+,15-14+,21-16+,23-11+/t22-,24+,26-,28-,29+,30+,31-,34?,35-/m1/s1. The molecule has 4 heterocycles. The molecule has 44 heavy (non-hydrogen) atoms. The zero-order valence-corrected chi connectivity index (χ0v) is 26.9. The summed E-state index contributed by atoms with van der Waals surface area (Å²) in [4.78, 5) is 29.6. The van der Waals surface area contributed by atoms with Crippen molar-refractivity contribution in [2.45, 2.75) is 103 Å². The van der Waals surface area contributed by atoms with Gasteiger partial charge in [0.1, 0.15) is 35.9 Å². The van der Waals surface area contributed by atoms with Crippen molar-refractivity contribution < 1.29 is 38.1 Å². The lowest BCUT2D eigenvalue weighted by Crippen LogP contribution is -2.41. The van der Waals surface area contributed by atoms with Crippen molar-refractivity contribution in [1.82, 2.24) is 4.98 Å². The average molecular weight is 610 g/mol. The number of carbonyl (C=O) groups is 2. The molecule has 240 valence electrons. The Kier molecular flexibility index (Phi) is 11.2. The van der Waals surface area contributed by atoms with Crippen LogP contribution in [0.4, 0.5) is 0 Å². The fourth-order valence-corrected chi connectivity index (χ4v) is 6.11. The van der Waals surface area contributed by atoms with E-state index in [0.717, 1.165) is 16.8 Å². The van der Waals surface area contributed by atoms with Crippen molar-refractivity contribution in [2.75, 3.05) is 7.11 Å². The van der Waals surface area contributed by atoms with E-state index in [1.54, 1.807) is 26.4 Å². The summed E-state index contributed by atoms with van der Waals surface area (Å²) in [7, 11) is 1.63. The van der Waals surface area contributed by atoms with Gasteiger partial charge in [0, 0.05) is 44.8 Å². The second-order valence-corrected chi connectivity index (χ2v) is 12.6. The normalized spacial score (nSPS) is 34.9. The van der Waals surface area contributed by atoms with Gasteiger partial charge in [-0.25, -0.2) is 9.78 Å². The largest absolute Gasteiger partial charge is 0.462 e. The lowest BCUT2D eigenvalue weighted by Gasteiger charge is -2.32. The summed E-state index contributed by atoms with van der Waals surface area (Å²) in [5.41, 5.74) is 1.88. The zero-order chi connectivity index (χ0) is 32.0. The van der Waals surface area contributed by atoms with Gasteiger partial charge in [0.05, 0.1) is 12.2 Å². The average Bonchev–Trinajstić information content (AvgIpc) is 3.47. The Hall–Kier alpha value is -3.27. The van der Waals surface area contributed by atoms with Gasteiger partial charge in [0.2, 0.25) is 0 Å². The van der Waals surface area contributed by atoms with E-state index in [9.17, 15) is 14.7 Å². The second kappa shape index (κ2) is 14.7. The Morgan fingerprint density at radius 2 is 1.98 bits per heavy atom. The molecular formula is C35H47NO8. The maximum Gasteiger partial charge on any atom is 0.330 e. The van der Waals surface area contributed by atoms with E-state index >= 15 is 0 Å². The van der Waals surface area contributed by atoms with Crippen LogP contribution < -0.4 is 0 Å². The number of epoxide rings is 1. The molecule has 0 radical (unpaired) electrons. The lowest BCUT2D eigenvalue weighted by molar-refractivity contribution is -0.158. The SMILES string of the molecule is COC(/C(C)=C/C=C/C(C)=C/c1coc(C)n1)[C@@H](C)[C@@H]1C[C@H](O)[C@@]2(C)O[C@@H]2/C=C/[C@@H](C)[C@H]2C[C@@H](C/C=C/C(=O)O1)CC(=O)O2. The number of hydrogen-bond donors (Lipinski definition) is 1. The number of esters is 2. The molecule has 0 aliphatic carbocycles. The topological polar surface area (TPSA) is 121 Å². The molecule has 9 nitrogen and oxygen atoms in total. The Balaban J connectivity index is 1.51. The van der Waals surface area contributed by atoms with E-state index in [0.29, 0.717) is 25.2 Å². The highest BCUT2D eigenvalue weighted by atomic mass is 16.6. The summed E-state index contributed by atoms with van der Waals surface area (Å²) in [6.07, 6.45) is 15.9. The number of nitrogens with zero attached hydrogens (tertiary/aromatic N) is 1. The van der Waals surface area contributed by atoms with Gasteiger partial charge in [-0.3, -0.25) is 4.79 Å². The third-order valence-electron chi connectivity index (χ3n) is 8.97. The van der Waals surface area contributed by atoms with Gasteiger partial charge in [-0.05, 0) is 56.8 Å². The number of methoxy groups -OCH3 is 1. The second-order valence-electron chi connectivity index (χ2n) is 12.6. The summed E-state index contributed by atoms with van der Waals surface area (Å²) in [6, 6.07) is 0. The molecule has 1 aromatic rings. The van der Waals surface area contributed by atoms with Crippen LogP contribution in [0.5, 0.6) is 0 Å². The van der Waals surface area contributed by atoms with Crippen LogP contribution in [0.1, 0.15) is 71.9 Å². The number of aliphatic hydroxyl groups is 1. The molecule has 2 bridgehead atoms. The molecule has 0 aromatic carbocycles. The van der Waals surface area contributed by atoms with Gasteiger partial charge < -0.3 is 28.5 Å². The van der Waals surface area contributed by atoms with Crippen molar-refractivity contribution in [3.05, 3.63) is 71.5 Å². The number of rotatable bonds is 7. The first-order valence-electron chi connectivity index (χ1n) is 15.5. The van der Waals surface area contributed by atoms with Gasteiger partial charge in [0.15, 0.2) is 5.89 Å². The molecule has 1 N–H and O–H groups in total. The molecular weight excluding hydrogens is 562 g/mol. The van der Waals surface area contributed by atoms with Crippen LogP contribution in [0, 0.1) is 24.7 Å². The fraction of sp³-hybridized carbons (Fsp3) is 0.571. The number of oxazole rings is 1. The van der Waals surface area contributed by atoms with Crippen LogP contribution in [-0.2, 0) is 28.5 Å². The molecule has 3 aliphatic heterocycles. The maximum absolute atomic E-state index is 13.0. The molecule has 9 atom stereocenters. The van der Waals surface area contributed by atoms with E-state index < -0.39 is 23.8 Å². The first-order valence-corrected chi connectivity index (χ1v) is 15.5. The summed E-state index contributed by atoms with van der Waals surface area (Å²) < 4.78 is 28.7. The molecule has 2 saturated heterocycles. The van der Waals surface area contributed by atoms with Gasteiger partial charge >= 0.3 is 11.9 Å². The molecule has 0 amide bonds. The third-order valence-corrected chi connectivity index (χ3v) is 8.97. The monoisotopic (exact) mass is 609 g/mol. The van der Waals surface area contributed by atoms with Crippen molar-refractivity contribution in [1.29, 1.82) is 0 Å². The highest BCUT2D eigenvalue weighted by molar-refractivity contribution is 5.82. The van der Waals surface area contributed by atoms with E-state index in [4.69, 9.17) is 23.4 Å². The smallest absolute Gasteiger partial charge is 0.330 e. The van der Waals surface area contributed by atoms with Crippen LogP contribution in [0.2, 0.25) is 0 Å². The number of cyclic esters (lactones) is 1. The first-order chi connectivity index (χ1) is 20.9. The van der Waals surface area contributed by atoms with E-state index in [1.807, 2.05) is 71.1 Å². The lowest BCUT2D eigenvalue weighted by atomic mass is 9.85. The molecule has 1 aromatic heterocycles. The molecule has 4 rings (SSSR count). The first kappa shape index (κ1) is 33.6. The molecule has 2 fully saturated rings. The number of hydrogen-bond acceptors (Lipinski definition) is 9. The van der Waals surface area contributed by atoms with E-state index in [2.05, 4.69) is 4.98 Å². The van der Waals surface area contributed by atoms with Crippen molar-refractivity contribution in [3.8, 4) is 0 Å². The molecule has 9 heteroatoms. The number of allylic oxidation sites excluding steroid dienone is 5. The summed E-state index contributed by atoms with van der Waals surface area (Å²) in [5, 5.41) is 11.3. The number of aryl methyl sites for hydroxylation is 1. The summed E-state index contributed by atoms with van der Waals surface area (Å²) in [5.74, 6) is -0.299. The predicted molar refractivity (Wildman–Crippen MR) is 166 cm³/mol. The van der Waals surface area contributed by atoms with Gasteiger partial charge in [-0.1, -0.05) is 50.3 Å². The highest BCUT2D eigenvalue weighted by Gasteiger charge is 2.57. The third kappa shape index (κ3) is 8.67. The molecule has 3 aliphatic rings. The molecule has 0 spiro atoms. The fourth-order valence-electron chi connectivity index (χ4n) is 6.11. The van der Waals surface area contributed by atoms with Gasteiger partial charge in [-0.2, -0.15) is 0 Å². The van der Waals surface area contributed by atoms with Crippen LogP contribution in [0.15, 0.2) is 64.4 Å². The number of aliphatic hydroxyl groups excluding tert-OH is 1. The summed E-state index contributed by atoms with van der Waals surface area (Å²) >= 11 is 0. The van der Waals surface area contributed by atoms with Gasteiger partial charge in [0.25, 0.3) is 0 Å². The minimum atomic E-state index is -0.892. The van der Waals surface area contributed by atoms with Crippen LogP contribution >= 0.6 is 0 Å². The predicted octanol–water partition coefficient (Wildman–Crippen LogP) is 5.83. The Bertz CT molecular complexity index is 1320. The van der Waals surface area contributed by atoms with Crippen LogP contribution in [-0.4, -0.2) is 65.3 Å². The number of fused-ring (bicyclic) bond motifs is 3. The number of ether oxygens (including phenoxy) is 4. The summed E-state index contributed by atoms with van der Waals surface area (Å²) in [6.45, 7) is 11.6. The zero-order valence-electron chi connectivity index (χ0n) is 26.9. The van der Waals surface area contributed by atoms with Crippen molar-refractivity contribution >= 4 is 18.0 Å². The van der Waals surface area contributed by atoms with Crippen LogP contribution in [0.3, 0.4) is 0 Å². The number of carbonyl (C=O) groups excluding carboxylic acids is 2. The highest BCUT2D eigenvalue weighted by Crippen LogP contribution is 2.43. The number of aromatic nitrogens is 1. The van der Waals surface area contributed by atoms with Crippen LogP contribution in [0.25, 0.3) is 6.08 Å². The van der Waals surface area contributed by atoms with Gasteiger partial charge in [-0.15, -0.1) is 0 Å². The minimum Gasteiger partial charge on any atom is -0.462 e. The van der Waals surface area contributed by atoms with Crippen molar-refractivity contribution in [3.63, 3.8) is 0 Å². The van der Waals surface area contributed by atoms with Crippen molar-refractivity contribution in [2.24, 2.45) is 17.8 Å². The maximum atomic E-state index is 13.0. The Morgan fingerprint density at radius 1 is 1.20 bits per heavy atom. The van der Waals surface area contributed by atoms with E-state index in [-0.39, 0.29) is 48.5 Å². The van der Waals surface area contributed by atoms with E-state index in [1.165, 1.54) is 6.08 Å². The minimum absolute atomic E-state index is 0.000898. The molecule has 0 saturated carbocycles. The quantitative estimate of drug-likeness (QED) is 0.176. The Labute approximate surface area is 260 Å². The molecule has 1 unspecified atom stereocenters.